The van der Waals surface area contributed by atoms with Crippen LogP contribution in [0.1, 0.15) is 43.0 Å². The number of aromatic amines is 2. The Morgan fingerprint density at radius 3 is 2.74 bits per heavy atom. The lowest BCUT2D eigenvalue weighted by Crippen LogP contribution is -2.27. The number of carbonyl (C=O) groups is 1. The van der Waals surface area contributed by atoms with E-state index in [1.807, 2.05) is 20.8 Å². The van der Waals surface area contributed by atoms with Crippen LogP contribution in [0, 0.1) is 0 Å². The molecule has 19 heavy (non-hydrogen) atoms. The minimum atomic E-state index is -0.300. The van der Waals surface area contributed by atoms with E-state index in [0.29, 0.717) is 18.8 Å². The van der Waals surface area contributed by atoms with Crippen LogP contribution in [0.2, 0.25) is 0 Å². The molecule has 0 bridgehead atoms. The number of carbonyl (C=O) groups excluding carboxylic acids is 1. The van der Waals surface area contributed by atoms with E-state index < -0.39 is 0 Å². The van der Waals surface area contributed by atoms with Gasteiger partial charge in [0.15, 0.2) is 0 Å². The van der Waals surface area contributed by atoms with Crippen molar-refractivity contribution in [1.29, 1.82) is 0 Å². The van der Waals surface area contributed by atoms with Crippen molar-refractivity contribution >= 4 is 5.91 Å². The van der Waals surface area contributed by atoms with Crippen molar-refractivity contribution in [1.82, 2.24) is 35.7 Å². The Balaban J connectivity index is 1.88. The molecule has 0 atom stereocenters. The zero-order valence-corrected chi connectivity index (χ0v) is 11.2. The van der Waals surface area contributed by atoms with E-state index in [-0.39, 0.29) is 17.1 Å². The van der Waals surface area contributed by atoms with E-state index in [2.05, 4.69) is 35.7 Å². The Hall–Kier alpha value is -2.25. The van der Waals surface area contributed by atoms with E-state index in [4.69, 9.17) is 0 Å². The van der Waals surface area contributed by atoms with Crippen LogP contribution in [-0.4, -0.2) is 42.8 Å². The molecule has 0 aliphatic carbocycles. The highest BCUT2D eigenvalue weighted by Crippen LogP contribution is 2.17. The maximum Gasteiger partial charge on any atom is 0.290 e. The van der Waals surface area contributed by atoms with Crippen LogP contribution in [-0.2, 0) is 11.8 Å². The van der Waals surface area contributed by atoms with Gasteiger partial charge in [0.1, 0.15) is 18.0 Å². The third-order valence-corrected chi connectivity index (χ3v) is 2.51. The second kappa shape index (κ2) is 5.17. The van der Waals surface area contributed by atoms with Gasteiger partial charge in [-0.2, -0.15) is 5.10 Å². The first-order chi connectivity index (χ1) is 8.97. The van der Waals surface area contributed by atoms with Crippen LogP contribution < -0.4 is 5.32 Å². The molecule has 102 valence electrons. The maximum absolute atomic E-state index is 11.8. The molecule has 2 heterocycles. The molecule has 0 unspecified atom stereocenters. The number of rotatable bonds is 4. The number of nitrogens with one attached hydrogen (secondary N) is 3. The Labute approximate surface area is 110 Å². The molecule has 0 aliphatic rings. The molecule has 2 aromatic rings. The van der Waals surface area contributed by atoms with Gasteiger partial charge in [0.05, 0.1) is 0 Å². The smallest absolute Gasteiger partial charge is 0.290 e. The number of H-pyrrole nitrogens is 2. The third kappa shape index (κ3) is 3.36. The zero-order valence-electron chi connectivity index (χ0n) is 11.2. The maximum atomic E-state index is 11.8. The first kappa shape index (κ1) is 13.2. The average Bonchev–Trinajstić information content (AvgIpc) is 2.99. The SMILES string of the molecule is CC(C)(C)c1nc(C(=O)NCCc2ncn[nH]2)n[nH]1. The lowest BCUT2D eigenvalue weighted by atomic mass is 9.96. The van der Waals surface area contributed by atoms with Gasteiger partial charge < -0.3 is 5.32 Å². The largest absolute Gasteiger partial charge is 0.349 e. The summed E-state index contributed by atoms with van der Waals surface area (Å²) in [6, 6.07) is 0. The average molecular weight is 263 g/mol. The Morgan fingerprint density at radius 1 is 1.37 bits per heavy atom. The van der Waals surface area contributed by atoms with Crippen LogP contribution >= 0.6 is 0 Å². The molecule has 0 aliphatic heterocycles. The lowest BCUT2D eigenvalue weighted by molar-refractivity contribution is 0.0944. The summed E-state index contributed by atoms with van der Waals surface area (Å²) in [4.78, 5) is 20.0. The quantitative estimate of drug-likeness (QED) is 0.729. The highest BCUT2D eigenvalue weighted by Gasteiger charge is 2.21. The fraction of sp³-hybridized carbons (Fsp3) is 0.545. The molecule has 2 rings (SSSR count). The predicted molar refractivity (Wildman–Crippen MR) is 67.5 cm³/mol. The van der Waals surface area contributed by atoms with Crippen LogP contribution in [0.5, 0.6) is 0 Å². The predicted octanol–water partition coefficient (Wildman–Crippen LogP) is 0.193. The molecule has 0 radical (unpaired) electrons. The first-order valence-corrected chi connectivity index (χ1v) is 6.02. The molecule has 0 spiro atoms. The normalized spacial score (nSPS) is 11.5. The van der Waals surface area contributed by atoms with Crippen molar-refractivity contribution in [2.45, 2.75) is 32.6 Å². The molecule has 8 nitrogen and oxygen atoms in total. The molecule has 0 fully saturated rings. The van der Waals surface area contributed by atoms with Gasteiger partial charge in [-0.25, -0.2) is 9.97 Å². The zero-order chi connectivity index (χ0) is 13.9. The highest BCUT2D eigenvalue weighted by atomic mass is 16.2. The number of nitrogens with zero attached hydrogens (tertiary/aromatic N) is 4. The van der Waals surface area contributed by atoms with Gasteiger partial charge in [-0.3, -0.25) is 15.0 Å². The standard InChI is InChI=1S/C11H17N7O/c1-11(2,3)10-15-8(17-18-10)9(19)12-5-4-7-13-6-14-16-7/h6H,4-5H2,1-3H3,(H,12,19)(H,13,14,16)(H,15,17,18). The Morgan fingerprint density at radius 2 is 2.16 bits per heavy atom. The van der Waals surface area contributed by atoms with Crippen LogP contribution in [0.3, 0.4) is 0 Å². The molecule has 0 saturated heterocycles. The second-order valence-corrected chi connectivity index (χ2v) is 5.20. The van der Waals surface area contributed by atoms with Crippen LogP contribution in [0.15, 0.2) is 6.33 Å². The summed E-state index contributed by atoms with van der Waals surface area (Å²) in [5.41, 5.74) is -0.161. The van der Waals surface area contributed by atoms with E-state index >= 15 is 0 Å². The molecular weight excluding hydrogens is 246 g/mol. The summed E-state index contributed by atoms with van der Waals surface area (Å²) in [5, 5.41) is 15.9. The minimum absolute atomic E-state index is 0.155. The van der Waals surface area contributed by atoms with Crippen molar-refractivity contribution in [3.05, 3.63) is 23.8 Å². The number of aromatic nitrogens is 6. The number of hydrogen-bond acceptors (Lipinski definition) is 5. The molecular formula is C11H17N7O. The lowest BCUT2D eigenvalue weighted by Gasteiger charge is -2.12. The van der Waals surface area contributed by atoms with Gasteiger partial charge in [0, 0.05) is 18.4 Å². The van der Waals surface area contributed by atoms with E-state index in [1.165, 1.54) is 6.33 Å². The molecule has 1 amide bonds. The van der Waals surface area contributed by atoms with Gasteiger partial charge >= 0.3 is 0 Å². The van der Waals surface area contributed by atoms with E-state index in [0.717, 1.165) is 5.82 Å². The van der Waals surface area contributed by atoms with Crippen molar-refractivity contribution in [3.63, 3.8) is 0 Å². The van der Waals surface area contributed by atoms with Gasteiger partial charge in [-0.05, 0) is 0 Å². The van der Waals surface area contributed by atoms with Gasteiger partial charge in [0.25, 0.3) is 5.91 Å². The van der Waals surface area contributed by atoms with Gasteiger partial charge in [-0.1, -0.05) is 20.8 Å². The summed E-state index contributed by atoms with van der Waals surface area (Å²) in [5.74, 6) is 1.27. The fourth-order valence-corrected chi connectivity index (χ4v) is 1.42. The van der Waals surface area contributed by atoms with Gasteiger partial charge in [-0.15, -0.1) is 5.10 Å². The van der Waals surface area contributed by atoms with Crippen LogP contribution in [0.4, 0.5) is 0 Å². The van der Waals surface area contributed by atoms with Crippen molar-refractivity contribution < 1.29 is 4.79 Å². The van der Waals surface area contributed by atoms with Crippen molar-refractivity contribution in [2.75, 3.05) is 6.54 Å². The number of hydrogen-bond donors (Lipinski definition) is 3. The second-order valence-electron chi connectivity index (χ2n) is 5.20. The van der Waals surface area contributed by atoms with Crippen molar-refractivity contribution in [3.8, 4) is 0 Å². The summed E-state index contributed by atoms with van der Waals surface area (Å²) in [6.07, 6.45) is 2.02. The molecule has 0 saturated carbocycles. The van der Waals surface area contributed by atoms with E-state index in [1.54, 1.807) is 0 Å². The molecule has 2 aromatic heterocycles. The summed E-state index contributed by atoms with van der Waals surface area (Å²) < 4.78 is 0. The number of amides is 1. The molecule has 0 aromatic carbocycles. The highest BCUT2D eigenvalue weighted by molar-refractivity contribution is 5.90. The molecule has 3 N–H and O–H groups in total. The van der Waals surface area contributed by atoms with Crippen LogP contribution in [0.25, 0.3) is 0 Å². The summed E-state index contributed by atoms with van der Waals surface area (Å²) in [6.45, 7) is 6.45. The third-order valence-electron chi connectivity index (χ3n) is 2.51. The Kier molecular flexibility index (Phi) is 3.59. The summed E-state index contributed by atoms with van der Waals surface area (Å²) in [7, 11) is 0. The minimum Gasteiger partial charge on any atom is -0.349 e. The topological polar surface area (TPSA) is 112 Å². The monoisotopic (exact) mass is 263 g/mol. The molecule has 8 heteroatoms. The Bertz CT molecular complexity index is 538. The van der Waals surface area contributed by atoms with Gasteiger partial charge in [0.2, 0.25) is 5.82 Å². The van der Waals surface area contributed by atoms with E-state index in [9.17, 15) is 4.79 Å². The first-order valence-electron chi connectivity index (χ1n) is 6.02. The fourth-order valence-electron chi connectivity index (χ4n) is 1.42. The van der Waals surface area contributed by atoms with Crippen molar-refractivity contribution in [2.24, 2.45) is 0 Å². The summed E-state index contributed by atoms with van der Waals surface area (Å²) >= 11 is 0.